The Morgan fingerprint density at radius 2 is 1.69 bits per heavy atom. The molecule has 3 aromatic carbocycles. The number of benzene rings is 3. The highest BCUT2D eigenvalue weighted by atomic mass is 32.2. The van der Waals surface area contributed by atoms with E-state index >= 15 is 0 Å². The van der Waals surface area contributed by atoms with Gasteiger partial charge in [-0.2, -0.15) is 0 Å². The second kappa shape index (κ2) is 9.89. The summed E-state index contributed by atoms with van der Waals surface area (Å²) in [7, 11) is -0.461. The van der Waals surface area contributed by atoms with Crippen molar-refractivity contribution in [2.24, 2.45) is 5.14 Å². The molecule has 182 valence electrons. The van der Waals surface area contributed by atoms with Gasteiger partial charge in [-0.25, -0.2) is 13.6 Å². The summed E-state index contributed by atoms with van der Waals surface area (Å²) in [5, 5.41) is 8.15. The number of sulfonamides is 1. The number of fused-ring (bicyclic) bond motifs is 1. The average Bonchev–Trinajstić information content (AvgIpc) is 2.86. The fourth-order valence-corrected chi connectivity index (χ4v) is 4.98. The third kappa shape index (κ3) is 5.06. The lowest BCUT2D eigenvalue weighted by atomic mass is 9.79. The van der Waals surface area contributed by atoms with Crippen LogP contribution in [-0.4, -0.2) is 45.8 Å². The largest absolute Gasteiger partial charge is 0.497 e. The lowest BCUT2D eigenvalue weighted by Crippen LogP contribution is -2.45. The van der Waals surface area contributed by atoms with E-state index in [0.717, 1.165) is 11.1 Å². The molecule has 3 N–H and O–H groups in total. The minimum Gasteiger partial charge on any atom is -0.497 e. The summed E-state index contributed by atoms with van der Waals surface area (Å²) >= 11 is 0. The highest BCUT2D eigenvalue weighted by Crippen LogP contribution is 2.42. The van der Waals surface area contributed by atoms with Gasteiger partial charge in [0.1, 0.15) is 5.75 Å². The molecule has 1 aliphatic heterocycles. The summed E-state index contributed by atoms with van der Waals surface area (Å²) in [4.78, 5) is 28.3. The molecular weight excluding hydrogens is 466 g/mol. The van der Waals surface area contributed by atoms with Crippen LogP contribution in [0.1, 0.15) is 39.0 Å². The Kier molecular flexibility index (Phi) is 6.90. The molecule has 1 heterocycles. The molecule has 0 saturated heterocycles. The Hall–Kier alpha value is -3.69. The fourth-order valence-electron chi connectivity index (χ4n) is 4.46. The van der Waals surface area contributed by atoms with Gasteiger partial charge >= 0.3 is 0 Å². The Bertz CT molecular complexity index is 1340. The van der Waals surface area contributed by atoms with Crippen molar-refractivity contribution in [3.05, 3.63) is 95.1 Å². The van der Waals surface area contributed by atoms with E-state index in [1.165, 1.54) is 12.1 Å². The number of ether oxygens (including phenoxy) is 1. The first kappa shape index (κ1) is 24.4. The van der Waals surface area contributed by atoms with Gasteiger partial charge in [0.05, 0.1) is 24.0 Å². The van der Waals surface area contributed by atoms with Crippen molar-refractivity contribution in [2.45, 2.75) is 23.3 Å². The molecule has 1 aliphatic rings. The first-order valence-corrected chi connectivity index (χ1v) is 12.6. The van der Waals surface area contributed by atoms with Crippen LogP contribution in [0.15, 0.2) is 77.7 Å². The molecule has 0 saturated carbocycles. The van der Waals surface area contributed by atoms with Gasteiger partial charge in [0.25, 0.3) is 5.91 Å². The van der Waals surface area contributed by atoms with Crippen LogP contribution < -0.4 is 15.2 Å². The molecular formula is C26H27N3O5S. The fraction of sp³-hybridized carbons (Fsp3) is 0.231. The Labute approximate surface area is 204 Å². The zero-order valence-corrected chi connectivity index (χ0v) is 20.3. The Morgan fingerprint density at radius 3 is 2.31 bits per heavy atom. The Morgan fingerprint density at radius 1 is 1.03 bits per heavy atom. The highest BCUT2D eigenvalue weighted by Gasteiger charge is 2.42. The van der Waals surface area contributed by atoms with Crippen molar-refractivity contribution in [1.82, 2.24) is 10.2 Å². The lowest BCUT2D eigenvalue weighted by molar-refractivity contribution is -0.124. The number of likely N-dealkylation sites (N-methyl/N-ethyl adjacent to an activating group) is 1. The first-order chi connectivity index (χ1) is 16.7. The maximum Gasteiger partial charge on any atom is 0.254 e. The van der Waals surface area contributed by atoms with Gasteiger partial charge in [-0.1, -0.05) is 42.5 Å². The molecule has 0 radical (unpaired) electrons. The molecule has 2 amide bonds. The van der Waals surface area contributed by atoms with Crippen molar-refractivity contribution in [3.63, 3.8) is 0 Å². The zero-order valence-electron chi connectivity index (χ0n) is 19.5. The standard InChI is InChI=1S/C26H27N3O5S/c1-29-24(18-9-11-19(34-2)12-10-18)23(21-5-3-4-6-22(21)26(29)31)25(30)28-16-15-17-7-13-20(14-8-17)35(27,32)33/h3-14,23-24H,15-16H2,1-2H3,(H,28,30)(H2,27,32,33)/t23-,24+/m0/s1. The van der Waals surface area contributed by atoms with Crippen LogP contribution in [-0.2, 0) is 21.2 Å². The number of methoxy groups -OCH3 is 1. The molecule has 2 atom stereocenters. The number of nitrogens with one attached hydrogen (secondary N) is 1. The van der Waals surface area contributed by atoms with Crippen LogP contribution in [0, 0.1) is 0 Å². The minimum absolute atomic E-state index is 0.0409. The Balaban J connectivity index is 1.58. The minimum atomic E-state index is -3.75. The number of hydrogen-bond acceptors (Lipinski definition) is 5. The molecule has 8 nitrogen and oxygen atoms in total. The van der Waals surface area contributed by atoms with Crippen molar-refractivity contribution >= 4 is 21.8 Å². The van der Waals surface area contributed by atoms with Crippen molar-refractivity contribution in [1.29, 1.82) is 0 Å². The number of nitrogens with two attached hydrogens (primary N) is 1. The first-order valence-electron chi connectivity index (χ1n) is 11.1. The molecule has 9 heteroatoms. The lowest BCUT2D eigenvalue weighted by Gasteiger charge is -2.39. The van der Waals surface area contributed by atoms with E-state index in [2.05, 4.69) is 5.32 Å². The van der Waals surface area contributed by atoms with E-state index in [0.29, 0.717) is 29.8 Å². The van der Waals surface area contributed by atoms with Crippen molar-refractivity contribution in [2.75, 3.05) is 20.7 Å². The van der Waals surface area contributed by atoms with Crippen LogP contribution in [0.2, 0.25) is 0 Å². The number of hydrogen-bond donors (Lipinski definition) is 2. The molecule has 0 spiro atoms. The topological polar surface area (TPSA) is 119 Å². The monoisotopic (exact) mass is 493 g/mol. The molecule has 4 rings (SSSR count). The SMILES string of the molecule is COc1ccc([C@@H]2[C@@H](C(=O)NCCc3ccc(S(N)(=O)=O)cc3)c3ccccc3C(=O)N2C)cc1. The molecule has 0 unspecified atom stereocenters. The smallest absolute Gasteiger partial charge is 0.254 e. The summed E-state index contributed by atoms with van der Waals surface area (Å²) < 4.78 is 28.1. The van der Waals surface area contributed by atoms with Crippen LogP contribution in [0.25, 0.3) is 0 Å². The second-order valence-electron chi connectivity index (χ2n) is 8.43. The van der Waals surface area contributed by atoms with Gasteiger partial charge in [0.2, 0.25) is 15.9 Å². The van der Waals surface area contributed by atoms with E-state index in [9.17, 15) is 18.0 Å². The van der Waals surface area contributed by atoms with Gasteiger partial charge < -0.3 is 15.0 Å². The third-order valence-electron chi connectivity index (χ3n) is 6.28. The summed E-state index contributed by atoms with van der Waals surface area (Å²) in [6, 6.07) is 20.3. The van der Waals surface area contributed by atoms with Crippen LogP contribution in [0.4, 0.5) is 0 Å². The summed E-state index contributed by atoms with van der Waals surface area (Å²) in [5.41, 5.74) is 2.89. The average molecular weight is 494 g/mol. The normalized spacial score (nSPS) is 17.6. The summed E-state index contributed by atoms with van der Waals surface area (Å²) in [6.07, 6.45) is 0.507. The van der Waals surface area contributed by atoms with E-state index in [-0.39, 0.29) is 16.7 Å². The molecule has 3 aromatic rings. The summed E-state index contributed by atoms with van der Waals surface area (Å²) in [6.45, 7) is 0.346. The molecule has 0 aliphatic carbocycles. The van der Waals surface area contributed by atoms with E-state index in [1.807, 2.05) is 36.4 Å². The van der Waals surface area contributed by atoms with Crippen molar-refractivity contribution in [3.8, 4) is 5.75 Å². The van der Waals surface area contributed by atoms with Gasteiger partial charge in [-0.15, -0.1) is 0 Å². The molecule has 35 heavy (non-hydrogen) atoms. The number of amides is 2. The molecule has 0 aromatic heterocycles. The number of carbonyl (C=O) groups excluding carboxylic acids is 2. The highest BCUT2D eigenvalue weighted by molar-refractivity contribution is 7.89. The van der Waals surface area contributed by atoms with Gasteiger partial charge in [0.15, 0.2) is 0 Å². The maximum absolute atomic E-state index is 13.5. The zero-order chi connectivity index (χ0) is 25.2. The van der Waals surface area contributed by atoms with E-state index < -0.39 is 22.0 Å². The quantitative estimate of drug-likeness (QED) is 0.525. The number of rotatable bonds is 7. The third-order valence-corrected chi connectivity index (χ3v) is 7.21. The van der Waals surface area contributed by atoms with Gasteiger partial charge in [0, 0.05) is 19.2 Å². The van der Waals surface area contributed by atoms with E-state index in [1.54, 1.807) is 43.3 Å². The maximum atomic E-state index is 13.5. The summed E-state index contributed by atoms with van der Waals surface area (Å²) in [5.74, 6) is -0.250. The van der Waals surface area contributed by atoms with Gasteiger partial charge in [-0.05, 0) is 53.4 Å². The van der Waals surface area contributed by atoms with Crippen LogP contribution >= 0.6 is 0 Å². The predicted molar refractivity (Wildman–Crippen MR) is 132 cm³/mol. The van der Waals surface area contributed by atoms with Gasteiger partial charge in [-0.3, -0.25) is 9.59 Å². The van der Waals surface area contributed by atoms with Crippen molar-refractivity contribution < 1.29 is 22.7 Å². The predicted octanol–water partition coefficient (Wildman–Crippen LogP) is 2.61. The molecule has 0 bridgehead atoms. The number of nitrogens with zero attached hydrogens (tertiary/aromatic N) is 1. The number of carbonyl (C=O) groups is 2. The van der Waals surface area contributed by atoms with Crippen LogP contribution in [0.5, 0.6) is 5.75 Å². The molecule has 0 fully saturated rings. The van der Waals surface area contributed by atoms with E-state index in [4.69, 9.17) is 9.88 Å². The second-order valence-corrected chi connectivity index (χ2v) is 9.99. The van der Waals surface area contributed by atoms with Crippen LogP contribution in [0.3, 0.4) is 0 Å². The number of primary sulfonamides is 1.